The van der Waals surface area contributed by atoms with Gasteiger partial charge in [0, 0.05) is 22.2 Å². The average Bonchev–Trinajstić information content (AvgIpc) is 2.94. The summed E-state index contributed by atoms with van der Waals surface area (Å²) in [4.78, 5) is 9.92. The standard InChI is InChI=1S/C13H11.2C11H10N.Al/c1-11-7-9-13(10-8-11)12-5-3-2-4-6-12;2*1-8-4-3-5-10-7-6-9(2)12-11(8)10;/h2-10H,1H2;2*3-7H,1H2,2H3;. The lowest BCUT2D eigenvalue weighted by atomic mass is 10.0. The van der Waals surface area contributed by atoms with Gasteiger partial charge in [-0.25, -0.2) is 0 Å². The van der Waals surface area contributed by atoms with Gasteiger partial charge in [-0.3, -0.25) is 9.97 Å². The Balaban J connectivity index is 1.35. The van der Waals surface area contributed by atoms with E-state index in [9.17, 15) is 0 Å². The molecule has 2 nitrogen and oxygen atoms in total. The van der Waals surface area contributed by atoms with Gasteiger partial charge in [-0.2, -0.15) is 0 Å². The molecule has 38 heavy (non-hydrogen) atoms. The van der Waals surface area contributed by atoms with Crippen molar-refractivity contribution in [3.05, 3.63) is 143 Å². The Morgan fingerprint density at radius 3 is 1.55 bits per heavy atom. The number of pyridine rings is 2. The van der Waals surface area contributed by atoms with Gasteiger partial charge >= 0.3 is 0 Å². The minimum atomic E-state index is -1.33. The minimum Gasteiger partial charge on any atom is -0.253 e. The molecule has 4 aromatic carbocycles. The van der Waals surface area contributed by atoms with Gasteiger partial charge in [0.25, 0.3) is 14.1 Å². The summed E-state index contributed by atoms with van der Waals surface area (Å²) < 4.78 is 0. The molecule has 184 valence electrons. The molecule has 0 N–H and O–H groups in total. The smallest absolute Gasteiger partial charge is 0.253 e. The Hall–Kier alpha value is -3.77. The number of benzene rings is 4. The van der Waals surface area contributed by atoms with Gasteiger partial charge in [-0.05, 0) is 48.2 Å². The van der Waals surface area contributed by atoms with Crippen LogP contribution in [0.1, 0.15) is 28.1 Å². The third-order valence-corrected chi connectivity index (χ3v) is 10.6. The molecule has 2 heterocycles. The van der Waals surface area contributed by atoms with Crippen LogP contribution in [-0.4, -0.2) is 24.1 Å². The highest BCUT2D eigenvalue weighted by Gasteiger charge is 2.22. The number of aryl methyl sites for hydroxylation is 2. The lowest BCUT2D eigenvalue weighted by Gasteiger charge is -2.16. The van der Waals surface area contributed by atoms with E-state index in [-0.39, 0.29) is 0 Å². The van der Waals surface area contributed by atoms with E-state index in [4.69, 9.17) is 9.97 Å². The molecule has 0 aliphatic rings. The Bertz CT molecular complexity index is 1620. The molecule has 2 aromatic heterocycles. The second-order valence-corrected chi connectivity index (χ2v) is 13.4. The van der Waals surface area contributed by atoms with Gasteiger partial charge < -0.3 is 0 Å². The third kappa shape index (κ3) is 5.41. The van der Waals surface area contributed by atoms with E-state index in [1.54, 1.807) is 0 Å². The maximum Gasteiger partial charge on any atom is 0.277 e. The zero-order valence-electron chi connectivity index (χ0n) is 22.1. The van der Waals surface area contributed by atoms with Crippen LogP contribution in [0.15, 0.2) is 115 Å². The monoisotopic (exact) mass is 506 g/mol. The van der Waals surface area contributed by atoms with E-state index in [0.717, 1.165) is 38.3 Å². The van der Waals surface area contributed by atoms with Gasteiger partial charge in [0.15, 0.2) is 0 Å². The van der Waals surface area contributed by atoms with Crippen LogP contribution in [0.5, 0.6) is 0 Å². The lowest BCUT2D eigenvalue weighted by molar-refractivity contribution is 1.17. The summed E-state index contributed by atoms with van der Waals surface area (Å²) in [5.74, 6) is 0. The van der Waals surface area contributed by atoms with Crippen LogP contribution in [0.25, 0.3) is 32.9 Å². The average molecular weight is 507 g/mol. The van der Waals surface area contributed by atoms with Gasteiger partial charge in [-0.1, -0.05) is 125 Å². The molecular formula is C35H31AlN2. The molecule has 0 amide bonds. The molecule has 0 aliphatic heterocycles. The molecule has 0 radical (unpaired) electrons. The third-order valence-electron chi connectivity index (χ3n) is 7.49. The van der Waals surface area contributed by atoms with Crippen LogP contribution in [0, 0.1) is 13.8 Å². The Kier molecular flexibility index (Phi) is 7.06. The minimum absolute atomic E-state index is 1.08. The number of nitrogens with zero attached hydrogens (tertiary/aromatic N) is 2. The number of para-hydroxylation sites is 2. The van der Waals surface area contributed by atoms with Crippen molar-refractivity contribution >= 4 is 36.0 Å². The zero-order chi connectivity index (χ0) is 25.9. The van der Waals surface area contributed by atoms with Crippen LogP contribution >= 0.6 is 0 Å². The molecule has 0 fully saturated rings. The first kappa shape index (κ1) is 24.6. The predicted octanol–water partition coefficient (Wildman–Crippen LogP) is 8.21. The second-order valence-electron chi connectivity index (χ2n) is 10.4. The summed E-state index contributed by atoms with van der Waals surface area (Å²) >= 11 is -1.33. The lowest BCUT2D eigenvalue weighted by Crippen LogP contribution is -2.25. The van der Waals surface area contributed by atoms with Gasteiger partial charge in [0.05, 0.1) is 11.0 Å². The molecule has 0 saturated carbocycles. The molecule has 0 aliphatic carbocycles. The van der Waals surface area contributed by atoms with Crippen LogP contribution in [0.3, 0.4) is 0 Å². The number of rotatable bonds is 7. The van der Waals surface area contributed by atoms with Crippen LogP contribution < -0.4 is 0 Å². The molecule has 0 atom stereocenters. The van der Waals surface area contributed by atoms with Gasteiger partial charge in [-0.15, -0.1) is 0 Å². The zero-order valence-corrected chi connectivity index (χ0v) is 23.2. The van der Waals surface area contributed by atoms with Crippen LogP contribution in [-0.2, 0) is 15.8 Å². The normalized spacial score (nSPS) is 11.2. The Morgan fingerprint density at radius 2 is 1.00 bits per heavy atom. The summed E-state index contributed by atoms with van der Waals surface area (Å²) in [5, 5.41) is 5.82. The summed E-state index contributed by atoms with van der Waals surface area (Å²) in [6, 6.07) is 41.8. The van der Waals surface area contributed by atoms with Crippen molar-refractivity contribution in [1.29, 1.82) is 0 Å². The maximum atomic E-state index is 4.96. The maximum absolute atomic E-state index is 4.96. The fourth-order valence-corrected chi connectivity index (χ4v) is 8.85. The fourth-order valence-electron chi connectivity index (χ4n) is 5.58. The van der Waals surface area contributed by atoms with E-state index in [0.29, 0.717) is 0 Å². The van der Waals surface area contributed by atoms with Gasteiger partial charge in [0.2, 0.25) is 0 Å². The summed E-state index contributed by atoms with van der Waals surface area (Å²) in [7, 11) is 0. The van der Waals surface area contributed by atoms with Crippen molar-refractivity contribution in [2.24, 2.45) is 0 Å². The van der Waals surface area contributed by atoms with E-state index < -0.39 is 14.1 Å². The van der Waals surface area contributed by atoms with E-state index in [2.05, 4.69) is 129 Å². The number of aromatic nitrogens is 2. The topological polar surface area (TPSA) is 25.8 Å². The SMILES string of the molecule is Cc1ccc2cccc([CH2][Al]([CH2]c3ccc(-c4ccccc4)cc3)[CH2]c3cccc4ccc(C)nc34)c2n1. The van der Waals surface area contributed by atoms with Gasteiger partial charge in [0.1, 0.15) is 0 Å². The highest BCUT2D eigenvalue weighted by atomic mass is 27.2. The number of fused-ring (bicyclic) bond motifs is 2. The summed E-state index contributed by atoms with van der Waals surface area (Å²) in [6.07, 6.45) is 0. The van der Waals surface area contributed by atoms with E-state index in [1.807, 2.05) is 0 Å². The molecule has 0 spiro atoms. The van der Waals surface area contributed by atoms with Crippen molar-refractivity contribution in [1.82, 2.24) is 9.97 Å². The van der Waals surface area contributed by atoms with Crippen molar-refractivity contribution in [3.8, 4) is 11.1 Å². The molecule has 3 heteroatoms. The van der Waals surface area contributed by atoms with Crippen molar-refractivity contribution in [3.63, 3.8) is 0 Å². The number of hydrogen-bond acceptors (Lipinski definition) is 2. The first-order chi connectivity index (χ1) is 18.6. The highest BCUT2D eigenvalue weighted by molar-refractivity contribution is 6.57. The highest BCUT2D eigenvalue weighted by Crippen LogP contribution is 2.25. The summed E-state index contributed by atoms with van der Waals surface area (Å²) in [6.45, 7) is 4.17. The molecule has 0 saturated heterocycles. The van der Waals surface area contributed by atoms with E-state index in [1.165, 1.54) is 38.6 Å². The molecule has 6 aromatic rings. The number of hydrogen-bond donors (Lipinski definition) is 0. The molecular weight excluding hydrogens is 475 g/mol. The van der Waals surface area contributed by atoms with Crippen LogP contribution in [0.2, 0.25) is 0 Å². The quantitative estimate of drug-likeness (QED) is 0.204. The Morgan fingerprint density at radius 1 is 0.474 bits per heavy atom. The Labute approximate surface area is 229 Å². The van der Waals surface area contributed by atoms with Crippen molar-refractivity contribution in [2.45, 2.75) is 29.7 Å². The van der Waals surface area contributed by atoms with Crippen molar-refractivity contribution < 1.29 is 0 Å². The van der Waals surface area contributed by atoms with E-state index >= 15 is 0 Å². The molecule has 6 rings (SSSR count). The molecule has 0 bridgehead atoms. The fraction of sp³-hybridized carbons (Fsp3) is 0.143. The van der Waals surface area contributed by atoms with Crippen LogP contribution in [0.4, 0.5) is 0 Å². The van der Waals surface area contributed by atoms with Crippen molar-refractivity contribution in [2.75, 3.05) is 0 Å². The second kappa shape index (κ2) is 10.9. The largest absolute Gasteiger partial charge is 0.277 e. The predicted molar refractivity (Wildman–Crippen MR) is 162 cm³/mol. The first-order valence-electron chi connectivity index (χ1n) is 13.5. The molecule has 0 unspecified atom stereocenters. The first-order valence-corrected chi connectivity index (χ1v) is 15.9. The summed E-state index contributed by atoms with van der Waals surface area (Å²) in [5.41, 5.74) is 11.2.